The second kappa shape index (κ2) is 7.24. The smallest absolute Gasteiger partial charge is 0.322 e. The molecule has 6 heteroatoms. The molecule has 0 aromatic heterocycles. The molecule has 2 atom stereocenters. The minimum Gasteiger partial charge on any atom is -0.468 e. The van der Waals surface area contributed by atoms with Gasteiger partial charge in [0.05, 0.1) is 7.11 Å². The summed E-state index contributed by atoms with van der Waals surface area (Å²) in [6.07, 6.45) is 2.29. The van der Waals surface area contributed by atoms with Gasteiger partial charge in [-0.3, -0.25) is 14.9 Å². The molecule has 17 heavy (non-hydrogen) atoms. The van der Waals surface area contributed by atoms with E-state index < -0.39 is 6.04 Å². The van der Waals surface area contributed by atoms with Crippen LogP contribution in [0.5, 0.6) is 0 Å². The second-order valence-electron chi connectivity index (χ2n) is 4.18. The first-order valence-corrected chi connectivity index (χ1v) is 5.92. The maximum Gasteiger partial charge on any atom is 0.322 e. The molecule has 1 amide bonds. The Balaban J connectivity index is 2.51. The van der Waals surface area contributed by atoms with Crippen molar-refractivity contribution >= 4 is 11.9 Å². The van der Waals surface area contributed by atoms with Crippen molar-refractivity contribution in [2.75, 3.05) is 27.4 Å². The molecule has 1 aliphatic rings. The Morgan fingerprint density at radius 3 is 3.00 bits per heavy atom. The molecular formula is C11H21N3O3. The lowest BCUT2D eigenvalue weighted by Crippen LogP contribution is -2.46. The topological polar surface area (TPSA) is 79.5 Å². The summed E-state index contributed by atoms with van der Waals surface area (Å²) in [5, 5.41) is 8.74. The Labute approximate surface area is 101 Å². The third kappa shape index (κ3) is 4.32. The number of amides is 1. The molecule has 0 spiro atoms. The van der Waals surface area contributed by atoms with Gasteiger partial charge in [0, 0.05) is 19.1 Å². The van der Waals surface area contributed by atoms with Crippen LogP contribution in [0.4, 0.5) is 0 Å². The van der Waals surface area contributed by atoms with Crippen molar-refractivity contribution in [2.45, 2.75) is 25.3 Å². The van der Waals surface area contributed by atoms with Gasteiger partial charge < -0.3 is 15.4 Å². The molecule has 0 radical (unpaired) electrons. The number of methoxy groups -OCH3 is 1. The number of carbonyl (C=O) groups is 2. The number of hydrogen-bond acceptors (Lipinski definition) is 5. The van der Waals surface area contributed by atoms with Crippen molar-refractivity contribution in [3.63, 3.8) is 0 Å². The highest BCUT2D eigenvalue weighted by molar-refractivity contribution is 5.81. The Bertz CT molecular complexity index is 271. The van der Waals surface area contributed by atoms with Crippen molar-refractivity contribution in [3.05, 3.63) is 0 Å². The number of esters is 1. The standard InChI is InChI=1S/C11H21N3O3/c1-12-7-14-9(11(16)17-2)6-8-4-3-5-13-10(8)15/h8-9,12,14H,3-7H2,1-2H3,(H,13,15). The fourth-order valence-corrected chi connectivity index (χ4v) is 1.98. The molecule has 0 aliphatic carbocycles. The first-order valence-electron chi connectivity index (χ1n) is 5.92. The minimum atomic E-state index is -0.429. The zero-order valence-electron chi connectivity index (χ0n) is 10.4. The van der Waals surface area contributed by atoms with Gasteiger partial charge in [-0.15, -0.1) is 0 Å². The van der Waals surface area contributed by atoms with E-state index in [1.54, 1.807) is 7.05 Å². The summed E-state index contributed by atoms with van der Waals surface area (Å²) in [4.78, 5) is 23.2. The van der Waals surface area contributed by atoms with Crippen LogP contribution in [0.15, 0.2) is 0 Å². The molecule has 0 bridgehead atoms. The molecule has 0 saturated carbocycles. The Morgan fingerprint density at radius 2 is 2.41 bits per heavy atom. The average Bonchev–Trinajstić information content (AvgIpc) is 2.35. The third-order valence-electron chi connectivity index (χ3n) is 2.93. The molecule has 1 fully saturated rings. The Morgan fingerprint density at radius 1 is 1.65 bits per heavy atom. The Kier molecular flexibility index (Phi) is 5.93. The van der Waals surface area contributed by atoms with Gasteiger partial charge in [-0.2, -0.15) is 0 Å². The zero-order valence-corrected chi connectivity index (χ0v) is 10.4. The SMILES string of the molecule is CNCNC(CC1CCCNC1=O)C(=O)OC. The van der Waals surface area contributed by atoms with E-state index in [1.165, 1.54) is 7.11 Å². The minimum absolute atomic E-state index is 0.0383. The average molecular weight is 243 g/mol. The van der Waals surface area contributed by atoms with Crippen LogP contribution >= 0.6 is 0 Å². The fourth-order valence-electron chi connectivity index (χ4n) is 1.98. The molecule has 98 valence electrons. The van der Waals surface area contributed by atoms with Gasteiger partial charge >= 0.3 is 5.97 Å². The molecule has 2 unspecified atom stereocenters. The van der Waals surface area contributed by atoms with Gasteiger partial charge in [-0.25, -0.2) is 0 Å². The van der Waals surface area contributed by atoms with E-state index in [0.717, 1.165) is 19.4 Å². The molecule has 1 heterocycles. The van der Waals surface area contributed by atoms with E-state index in [1.807, 2.05) is 0 Å². The highest BCUT2D eigenvalue weighted by Crippen LogP contribution is 2.17. The highest BCUT2D eigenvalue weighted by Gasteiger charge is 2.29. The number of piperidine rings is 1. The summed E-state index contributed by atoms with van der Waals surface area (Å²) < 4.78 is 4.73. The molecule has 1 rings (SSSR count). The van der Waals surface area contributed by atoms with Gasteiger partial charge in [-0.05, 0) is 26.3 Å². The van der Waals surface area contributed by atoms with Gasteiger partial charge in [0.1, 0.15) is 6.04 Å². The lowest BCUT2D eigenvalue weighted by atomic mass is 9.91. The quantitative estimate of drug-likeness (QED) is 0.421. The van der Waals surface area contributed by atoms with Crippen LogP contribution in [-0.2, 0) is 14.3 Å². The summed E-state index contributed by atoms with van der Waals surface area (Å²) >= 11 is 0. The van der Waals surface area contributed by atoms with E-state index >= 15 is 0 Å². The third-order valence-corrected chi connectivity index (χ3v) is 2.93. The monoisotopic (exact) mass is 243 g/mol. The first-order chi connectivity index (χ1) is 8.19. The van der Waals surface area contributed by atoms with Crippen LogP contribution in [0, 0.1) is 5.92 Å². The summed E-state index contributed by atoms with van der Waals surface area (Å²) in [7, 11) is 3.14. The number of hydrogen-bond donors (Lipinski definition) is 3. The van der Waals surface area contributed by atoms with Crippen LogP contribution in [0.3, 0.4) is 0 Å². The number of ether oxygens (including phenoxy) is 1. The van der Waals surface area contributed by atoms with Crippen molar-refractivity contribution in [3.8, 4) is 0 Å². The van der Waals surface area contributed by atoms with Crippen LogP contribution < -0.4 is 16.0 Å². The van der Waals surface area contributed by atoms with Crippen molar-refractivity contribution in [1.29, 1.82) is 0 Å². The largest absolute Gasteiger partial charge is 0.468 e. The number of rotatable bonds is 6. The lowest BCUT2D eigenvalue weighted by molar-refractivity contribution is -0.144. The summed E-state index contributed by atoms with van der Waals surface area (Å²) in [5.41, 5.74) is 0. The van der Waals surface area contributed by atoms with Gasteiger partial charge in [0.15, 0.2) is 0 Å². The van der Waals surface area contributed by atoms with E-state index in [-0.39, 0.29) is 17.8 Å². The normalized spacial score (nSPS) is 21.8. The van der Waals surface area contributed by atoms with E-state index in [2.05, 4.69) is 16.0 Å². The Hall–Kier alpha value is -1.14. The van der Waals surface area contributed by atoms with Gasteiger partial charge in [0.2, 0.25) is 5.91 Å². The van der Waals surface area contributed by atoms with Crippen LogP contribution in [0.25, 0.3) is 0 Å². The van der Waals surface area contributed by atoms with E-state index in [4.69, 9.17) is 4.74 Å². The summed E-state index contributed by atoms with van der Waals surface area (Å²) in [5.74, 6) is -0.382. The molecule has 6 nitrogen and oxygen atoms in total. The second-order valence-corrected chi connectivity index (χ2v) is 4.18. The van der Waals surface area contributed by atoms with Crippen molar-refractivity contribution in [2.24, 2.45) is 5.92 Å². The molecule has 3 N–H and O–H groups in total. The predicted molar refractivity (Wildman–Crippen MR) is 63.2 cm³/mol. The molecule has 1 saturated heterocycles. The molecular weight excluding hydrogens is 222 g/mol. The van der Waals surface area contributed by atoms with Crippen LogP contribution in [0.1, 0.15) is 19.3 Å². The lowest BCUT2D eigenvalue weighted by Gasteiger charge is -2.25. The predicted octanol–water partition coefficient (Wildman–Crippen LogP) is -0.789. The first kappa shape index (κ1) is 13.9. The van der Waals surface area contributed by atoms with Crippen LogP contribution in [0.2, 0.25) is 0 Å². The van der Waals surface area contributed by atoms with Crippen molar-refractivity contribution < 1.29 is 14.3 Å². The maximum absolute atomic E-state index is 11.6. The number of carbonyl (C=O) groups excluding carboxylic acids is 2. The van der Waals surface area contributed by atoms with Crippen LogP contribution in [-0.4, -0.2) is 45.3 Å². The maximum atomic E-state index is 11.6. The van der Waals surface area contributed by atoms with Gasteiger partial charge in [-0.1, -0.05) is 0 Å². The molecule has 0 aromatic rings. The summed E-state index contributed by atoms with van der Waals surface area (Å²) in [6.45, 7) is 1.25. The molecule has 1 aliphatic heterocycles. The van der Waals surface area contributed by atoms with E-state index in [0.29, 0.717) is 13.1 Å². The zero-order chi connectivity index (χ0) is 12.7. The molecule has 0 aromatic carbocycles. The van der Waals surface area contributed by atoms with Gasteiger partial charge in [0.25, 0.3) is 0 Å². The fraction of sp³-hybridized carbons (Fsp3) is 0.818. The highest BCUT2D eigenvalue weighted by atomic mass is 16.5. The number of nitrogens with one attached hydrogen (secondary N) is 3. The summed E-state index contributed by atoms with van der Waals surface area (Å²) in [6, 6.07) is -0.429. The van der Waals surface area contributed by atoms with E-state index in [9.17, 15) is 9.59 Å². The van der Waals surface area contributed by atoms with Crippen molar-refractivity contribution in [1.82, 2.24) is 16.0 Å².